The summed E-state index contributed by atoms with van der Waals surface area (Å²) in [6.45, 7) is 11.3. The van der Waals surface area contributed by atoms with E-state index in [-0.39, 0.29) is 17.2 Å². The van der Waals surface area contributed by atoms with E-state index in [1.807, 2.05) is 13.8 Å². The Bertz CT molecular complexity index is 470. The van der Waals surface area contributed by atoms with Gasteiger partial charge >= 0.3 is 0 Å². The highest BCUT2D eigenvalue weighted by Gasteiger charge is 2.35. The van der Waals surface area contributed by atoms with Crippen molar-refractivity contribution in [3.63, 3.8) is 0 Å². The van der Waals surface area contributed by atoms with Crippen molar-refractivity contribution >= 4 is 5.91 Å². The Kier molecular flexibility index (Phi) is 4.21. The van der Waals surface area contributed by atoms with Crippen LogP contribution in [-0.2, 0) is 11.3 Å². The minimum atomic E-state index is 0.144. The van der Waals surface area contributed by atoms with Crippen LogP contribution in [-0.4, -0.2) is 15.9 Å². The first-order valence-corrected chi connectivity index (χ1v) is 7.56. The molecule has 2 atom stereocenters. The van der Waals surface area contributed by atoms with E-state index in [9.17, 15) is 4.79 Å². The number of rotatable bonds is 3. The SMILES string of the molecule is Cc1nc(CNC(=O)C2CC(C)CC(C)(C)C2)[nH]c1C. The molecule has 2 unspecified atom stereocenters. The molecule has 0 radical (unpaired) electrons. The van der Waals surface area contributed by atoms with E-state index >= 15 is 0 Å². The van der Waals surface area contributed by atoms with Gasteiger partial charge in [0.2, 0.25) is 5.91 Å². The first-order valence-electron chi connectivity index (χ1n) is 7.56. The number of amides is 1. The molecule has 1 aromatic rings. The molecule has 4 heteroatoms. The predicted molar refractivity (Wildman–Crippen MR) is 80.2 cm³/mol. The van der Waals surface area contributed by atoms with Crippen LogP contribution < -0.4 is 5.32 Å². The van der Waals surface area contributed by atoms with Crippen molar-refractivity contribution in [2.75, 3.05) is 0 Å². The number of imidazole rings is 1. The summed E-state index contributed by atoms with van der Waals surface area (Å²) in [5, 5.41) is 3.03. The largest absolute Gasteiger partial charge is 0.349 e. The molecule has 1 amide bonds. The lowest BCUT2D eigenvalue weighted by Gasteiger charge is -2.38. The molecule has 0 aliphatic heterocycles. The zero-order chi connectivity index (χ0) is 14.9. The van der Waals surface area contributed by atoms with E-state index in [0.29, 0.717) is 12.5 Å². The Morgan fingerprint density at radius 3 is 2.65 bits per heavy atom. The van der Waals surface area contributed by atoms with Gasteiger partial charge in [-0.3, -0.25) is 4.79 Å². The van der Waals surface area contributed by atoms with Crippen LogP contribution in [0.1, 0.15) is 57.2 Å². The molecule has 0 aromatic carbocycles. The van der Waals surface area contributed by atoms with E-state index in [1.54, 1.807) is 0 Å². The summed E-state index contributed by atoms with van der Waals surface area (Å²) < 4.78 is 0. The van der Waals surface area contributed by atoms with Crippen molar-refractivity contribution in [2.45, 2.75) is 60.4 Å². The van der Waals surface area contributed by atoms with Gasteiger partial charge in [0.1, 0.15) is 5.82 Å². The molecule has 1 aliphatic rings. The molecule has 0 saturated heterocycles. The summed E-state index contributed by atoms with van der Waals surface area (Å²) in [6.07, 6.45) is 3.21. The van der Waals surface area contributed by atoms with Crippen molar-refractivity contribution in [1.29, 1.82) is 0 Å². The van der Waals surface area contributed by atoms with Crippen LogP contribution in [0.5, 0.6) is 0 Å². The monoisotopic (exact) mass is 277 g/mol. The molecule has 1 aromatic heterocycles. The molecule has 2 N–H and O–H groups in total. The zero-order valence-corrected chi connectivity index (χ0v) is 13.3. The van der Waals surface area contributed by atoms with Crippen molar-refractivity contribution in [3.05, 3.63) is 17.2 Å². The fraction of sp³-hybridized carbons (Fsp3) is 0.750. The van der Waals surface area contributed by atoms with Crippen molar-refractivity contribution in [1.82, 2.24) is 15.3 Å². The van der Waals surface area contributed by atoms with Gasteiger partial charge in [0.15, 0.2) is 0 Å². The average molecular weight is 277 g/mol. The maximum Gasteiger partial charge on any atom is 0.223 e. The van der Waals surface area contributed by atoms with Crippen LogP contribution in [0, 0.1) is 31.1 Å². The number of hydrogen-bond acceptors (Lipinski definition) is 2. The summed E-state index contributed by atoms with van der Waals surface area (Å²) in [7, 11) is 0. The summed E-state index contributed by atoms with van der Waals surface area (Å²) in [5.41, 5.74) is 2.35. The Morgan fingerprint density at radius 2 is 2.10 bits per heavy atom. The average Bonchev–Trinajstić information content (AvgIpc) is 2.63. The van der Waals surface area contributed by atoms with Gasteiger partial charge < -0.3 is 10.3 Å². The Hall–Kier alpha value is -1.32. The van der Waals surface area contributed by atoms with Gasteiger partial charge in [-0.2, -0.15) is 0 Å². The first kappa shape index (κ1) is 15.1. The minimum absolute atomic E-state index is 0.144. The molecule has 1 fully saturated rings. The molecule has 1 aliphatic carbocycles. The number of carbonyl (C=O) groups is 1. The summed E-state index contributed by atoms with van der Waals surface area (Å²) in [6, 6.07) is 0. The maximum absolute atomic E-state index is 12.3. The van der Waals surface area contributed by atoms with Crippen molar-refractivity contribution in [2.24, 2.45) is 17.3 Å². The standard InChI is InChI=1S/C16H27N3O/c1-10-6-13(8-16(4,5)7-10)15(20)17-9-14-18-11(2)12(3)19-14/h10,13H,6-9H2,1-5H3,(H,17,20)(H,18,19). The van der Waals surface area contributed by atoms with E-state index < -0.39 is 0 Å². The van der Waals surface area contributed by atoms with Gasteiger partial charge in [0, 0.05) is 11.6 Å². The van der Waals surface area contributed by atoms with Gasteiger partial charge in [-0.25, -0.2) is 4.98 Å². The van der Waals surface area contributed by atoms with E-state index in [0.717, 1.165) is 30.1 Å². The number of H-pyrrole nitrogens is 1. The molecule has 112 valence electrons. The minimum Gasteiger partial charge on any atom is -0.349 e. The summed E-state index contributed by atoms with van der Waals surface area (Å²) >= 11 is 0. The highest BCUT2D eigenvalue weighted by molar-refractivity contribution is 5.78. The van der Waals surface area contributed by atoms with Gasteiger partial charge in [0.05, 0.1) is 12.2 Å². The lowest BCUT2D eigenvalue weighted by molar-refractivity contribution is -0.128. The third-order valence-corrected chi connectivity index (χ3v) is 4.36. The van der Waals surface area contributed by atoms with Crippen LogP contribution in [0.2, 0.25) is 0 Å². The van der Waals surface area contributed by atoms with Crippen molar-refractivity contribution in [3.8, 4) is 0 Å². The summed E-state index contributed by atoms with van der Waals surface area (Å²) in [5.74, 6) is 1.79. The molecule has 20 heavy (non-hydrogen) atoms. The molecule has 0 spiro atoms. The van der Waals surface area contributed by atoms with Crippen LogP contribution >= 0.6 is 0 Å². The number of nitrogens with one attached hydrogen (secondary N) is 2. The number of aromatic nitrogens is 2. The molecular weight excluding hydrogens is 250 g/mol. The topological polar surface area (TPSA) is 57.8 Å². The molecule has 1 heterocycles. The Balaban J connectivity index is 1.91. The van der Waals surface area contributed by atoms with Crippen LogP contribution in [0.25, 0.3) is 0 Å². The number of hydrogen-bond donors (Lipinski definition) is 2. The van der Waals surface area contributed by atoms with Gasteiger partial charge in [-0.05, 0) is 44.4 Å². The van der Waals surface area contributed by atoms with E-state index in [4.69, 9.17) is 0 Å². The second-order valence-electron chi connectivity index (χ2n) is 7.22. The number of aromatic amines is 1. The molecular formula is C16H27N3O. The highest BCUT2D eigenvalue weighted by atomic mass is 16.1. The molecule has 1 saturated carbocycles. The lowest BCUT2D eigenvalue weighted by atomic mass is 9.68. The highest BCUT2D eigenvalue weighted by Crippen LogP contribution is 2.41. The number of nitrogens with zero attached hydrogens (tertiary/aromatic N) is 1. The van der Waals surface area contributed by atoms with Gasteiger partial charge in [-0.15, -0.1) is 0 Å². The fourth-order valence-electron chi connectivity index (χ4n) is 3.57. The first-order chi connectivity index (χ1) is 9.27. The predicted octanol–water partition coefficient (Wildman–Crippen LogP) is 3.11. The number of carbonyl (C=O) groups excluding carboxylic acids is 1. The quantitative estimate of drug-likeness (QED) is 0.892. The van der Waals surface area contributed by atoms with Crippen LogP contribution in [0.3, 0.4) is 0 Å². The third kappa shape index (κ3) is 3.62. The zero-order valence-electron chi connectivity index (χ0n) is 13.3. The van der Waals surface area contributed by atoms with Crippen LogP contribution in [0.15, 0.2) is 0 Å². The van der Waals surface area contributed by atoms with E-state index in [1.165, 1.54) is 6.42 Å². The lowest BCUT2D eigenvalue weighted by Crippen LogP contribution is -2.38. The normalized spacial score (nSPS) is 25.4. The third-order valence-electron chi connectivity index (χ3n) is 4.36. The Morgan fingerprint density at radius 1 is 1.40 bits per heavy atom. The van der Waals surface area contributed by atoms with E-state index in [2.05, 4.69) is 36.1 Å². The molecule has 0 bridgehead atoms. The smallest absolute Gasteiger partial charge is 0.223 e. The molecule has 4 nitrogen and oxygen atoms in total. The second kappa shape index (κ2) is 5.58. The van der Waals surface area contributed by atoms with Crippen LogP contribution in [0.4, 0.5) is 0 Å². The van der Waals surface area contributed by atoms with Gasteiger partial charge in [0.25, 0.3) is 0 Å². The Labute approximate surface area is 121 Å². The number of aryl methyl sites for hydroxylation is 2. The van der Waals surface area contributed by atoms with Gasteiger partial charge in [-0.1, -0.05) is 20.8 Å². The second-order valence-corrected chi connectivity index (χ2v) is 7.22. The molecule has 2 rings (SSSR count). The summed E-state index contributed by atoms with van der Waals surface area (Å²) in [4.78, 5) is 19.9. The van der Waals surface area contributed by atoms with Crippen molar-refractivity contribution < 1.29 is 4.79 Å². The maximum atomic E-state index is 12.3. The fourth-order valence-corrected chi connectivity index (χ4v) is 3.57.